The second-order valence-corrected chi connectivity index (χ2v) is 10.7. The van der Waals surface area contributed by atoms with Crippen LogP contribution in [0.2, 0.25) is 0 Å². The monoisotopic (exact) mass is 549 g/mol. The molecule has 202 valence electrons. The first-order valence-electron chi connectivity index (χ1n) is 12.0. The lowest BCUT2D eigenvalue weighted by Crippen LogP contribution is -2.46. The summed E-state index contributed by atoms with van der Waals surface area (Å²) in [6, 6.07) is 17.6. The van der Waals surface area contributed by atoms with E-state index in [9.17, 15) is 27.6 Å². The van der Waals surface area contributed by atoms with Crippen LogP contribution in [0.3, 0.4) is 0 Å². The third-order valence-electron chi connectivity index (χ3n) is 6.50. The number of carbonyl (C=O) groups excluding carboxylic acids is 4. The quantitative estimate of drug-likeness (QED) is 0.336. The SMILES string of the molecule is COC(=O)c1ccc(N2C(=O)CC(N(CCc3ccc(S(N)(=O)=O)cc3)C(=O)c3ccc(C)cc3)C2=O)cc1. The van der Waals surface area contributed by atoms with Gasteiger partial charge < -0.3 is 9.64 Å². The first-order valence-corrected chi connectivity index (χ1v) is 13.6. The number of methoxy groups -OCH3 is 1. The van der Waals surface area contributed by atoms with Crippen LogP contribution in [0, 0.1) is 6.92 Å². The van der Waals surface area contributed by atoms with Crippen molar-refractivity contribution in [3.8, 4) is 0 Å². The summed E-state index contributed by atoms with van der Waals surface area (Å²) >= 11 is 0. The van der Waals surface area contributed by atoms with Crippen LogP contribution in [0.25, 0.3) is 0 Å². The summed E-state index contributed by atoms with van der Waals surface area (Å²) in [5.41, 5.74) is 2.59. The van der Waals surface area contributed by atoms with Crippen LogP contribution in [0.5, 0.6) is 0 Å². The van der Waals surface area contributed by atoms with Crippen molar-refractivity contribution in [1.29, 1.82) is 0 Å². The van der Waals surface area contributed by atoms with E-state index in [1.165, 1.54) is 48.4 Å². The van der Waals surface area contributed by atoms with Crippen molar-refractivity contribution in [3.05, 3.63) is 95.1 Å². The number of primary sulfonamides is 1. The minimum absolute atomic E-state index is 0.0377. The number of nitrogens with zero attached hydrogens (tertiary/aromatic N) is 2. The van der Waals surface area contributed by atoms with E-state index in [4.69, 9.17) is 5.14 Å². The molecule has 1 atom stereocenters. The largest absolute Gasteiger partial charge is 0.465 e. The van der Waals surface area contributed by atoms with Crippen LogP contribution in [-0.2, 0) is 30.8 Å². The number of ether oxygens (including phenoxy) is 1. The summed E-state index contributed by atoms with van der Waals surface area (Å²) in [5, 5.41) is 5.17. The first kappa shape index (κ1) is 27.7. The standard InChI is InChI=1S/C28H27N3O7S/c1-18-3-7-20(8-4-18)26(33)30(16-15-19-5-13-23(14-6-19)39(29,36)37)24-17-25(32)31(27(24)34)22-11-9-21(10-12-22)28(35)38-2/h3-14,24H,15-17H2,1-2H3,(H2,29,36,37). The summed E-state index contributed by atoms with van der Waals surface area (Å²) < 4.78 is 27.8. The Hall–Kier alpha value is -4.35. The van der Waals surface area contributed by atoms with Crippen molar-refractivity contribution in [2.75, 3.05) is 18.6 Å². The van der Waals surface area contributed by atoms with Crippen LogP contribution in [0.4, 0.5) is 5.69 Å². The molecule has 1 unspecified atom stereocenters. The average molecular weight is 550 g/mol. The molecule has 3 amide bonds. The lowest BCUT2D eigenvalue weighted by atomic mass is 10.1. The summed E-state index contributed by atoms with van der Waals surface area (Å²) in [6.45, 7) is 1.99. The van der Waals surface area contributed by atoms with Crippen molar-refractivity contribution >= 4 is 39.4 Å². The number of nitrogens with two attached hydrogens (primary N) is 1. The van der Waals surface area contributed by atoms with Gasteiger partial charge in [0.2, 0.25) is 15.9 Å². The number of amides is 3. The Morgan fingerprint density at radius 3 is 2.10 bits per heavy atom. The highest BCUT2D eigenvalue weighted by atomic mass is 32.2. The zero-order valence-corrected chi connectivity index (χ0v) is 22.2. The molecule has 4 rings (SSSR count). The molecule has 39 heavy (non-hydrogen) atoms. The number of hydrogen-bond donors (Lipinski definition) is 1. The maximum atomic E-state index is 13.6. The number of aryl methyl sites for hydroxylation is 1. The van der Waals surface area contributed by atoms with Crippen LogP contribution >= 0.6 is 0 Å². The molecule has 1 heterocycles. The highest BCUT2D eigenvalue weighted by Gasteiger charge is 2.44. The molecule has 1 aliphatic rings. The fourth-order valence-electron chi connectivity index (χ4n) is 4.35. The van der Waals surface area contributed by atoms with Crippen LogP contribution in [0.15, 0.2) is 77.7 Å². The fraction of sp³-hybridized carbons (Fsp3) is 0.214. The third kappa shape index (κ3) is 6.05. The Morgan fingerprint density at radius 1 is 0.949 bits per heavy atom. The molecule has 3 aromatic carbocycles. The predicted molar refractivity (Wildman–Crippen MR) is 142 cm³/mol. The molecule has 0 spiro atoms. The first-order chi connectivity index (χ1) is 18.5. The van der Waals surface area contributed by atoms with Gasteiger partial charge in [-0.1, -0.05) is 29.8 Å². The summed E-state index contributed by atoms with van der Waals surface area (Å²) in [5.74, 6) is -2.00. The van der Waals surface area contributed by atoms with E-state index in [2.05, 4.69) is 4.74 Å². The van der Waals surface area contributed by atoms with Gasteiger partial charge in [0.05, 0.1) is 29.7 Å². The second-order valence-electron chi connectivity index (χ2n) is 9.13. The van der Waals surface area contributed by atoms with Gasteiger partial charge in [0.15, 0.2) is 0 Å². The molecule has 11 heteroatoms. The number of imide groups is 1. The van der Waals surface area contributed by atoms with Gasteiger partial charge in [-0.15, -0.1) is 0 Å². The molecule has 0 bridgehead atoms. The molecule has 1 aliphatic heterocycles. The maximum absolute atomic E-state index is 13.6. The van der Waals surface area contributed by atoms with E-state index in [1.54, 1.807) is 36.4 Å². The lowest BCUT2D eigenvalue weighted by molar-refractivity contribution is -0.122. The molecule has 10 nitrogen and oxygen atoms in total. The number of rotatable bonds is 8. The smallest absolute Gasteiger partial charge is 0.337 e. The van der Waals surface area contributed by atoms with Gasteiger partial charge in [0, 0.05) is 12.1 Å². The molecular formula is C28H27N3O7S. The summed E-state index contributed by atoms with van der Waals surface area (Å²) in [6.07, 6.45) is 0.0911. The molecule has 2 N–H and O–H groups in total. The van der Waals surface area contributed by atoms with Gasteiger partial charge in [-0.25, -0.2) is 23.3 Å². The maximum Gasteiger partial charge on any atom is 0.337 e. The summed E-state index contributed by atoms with van der Waals surface area (Å²) in [4.78, 5) is 54.2. The molecule has 0 aromatic heterocycles. The lowest BCUT2D eigenvalue weighted by Gasteiger charge is -2.28. The molecule has 3 aromatic rings. The van der Waals surface area contributed by atoms with E-state index >= 15 is 0 Å². The molecule has 1 fully saturated rings. The highest BCUT2D eigenvalue weighted by molar-refractivity contribution is 7.89. The van der Waals surface area contributed by atoms with Crippen LogP contribution < -0.4 is 10.0 Å². The van der Waals surface area contributed by atoms with Gasteiger partial charge in [0.25, 0.3) is 11.8 Å². The predicted octanol–water partition coefficient (Wildman–Crippen LogP) is 2.45. The molecular weight excluding hydrogens is 522 g/mol. The Bertz CT molecular complexity index is 1520. The number of esters is 1. The molecule has 0 radical (unpaired) electrons. The Kier molecular flexibility index (Phi) is 7.93. The number of carbonyl (C=O) groups is 4. The van der Waals surface area contributed by atoms with Crippen molar-refractivity contribution in [1.82, 2.24) is 4.90 Å². The van der Waals surface area contributed by atoms with Crippen molar-refractivity contribution in [3.63, 3.8) is 0 Å². The van der Waals surface area contributed by atoms with Crippen molar-refractivity contribution in [2.45, 2.75) is 30.7 Å². The van der Waals surface area contributed by atoms with E-state index in [0.717, 1.165) is 16.0 Å². The fourth-order valence-corrected chi connectivity index (χ4v) is 4.87. The average Bonchev–Trinajstić information content (AvgIpc) is 3.21. The minimum atomic E-state index is -3.85. The van der Waals surface area contributed by atoms with E-state index in [0.29, 0.717) is 12.0 Å². The Balaban J connectivity index is 1.61. The Morgan fingerprint density at radius 2 is 1.54 bits per heavy atom. The molecule has 0 saturated carbocycles. The number of benzene rings is 3. The number of sulfonamides is 1. The van der Waals surface area contributed by atoms with Gasteiger partial charge >= 0.3 is 5.97 Å². The topological polar surface area (TPSA) is 144 Å². The number of anilines is 1. The third-order valence-corrected chi connectivity index (χ3v) is 7.43. The van der Waals surface area contributed by atoms with E-state index in [1.807, 2.05) is 6.92 Å². The van der Waals surface area contributed by atoms with Crippen molar-refractivity contribution < 1.29 is 32.3 Å². The van der Waals surface area contributed by atoms with Gasteiger partial charge in [-0.2, -0.15) is 0 Å². The second kappa shape index (κ2) is 11.2. The highest BCUT2D eigenvalue weighted by Crippen LogP contribution is 2.27. The normalized spacial score (nSPS) is 15.4. The zero-order valence-electron chi connectivity index (χ0n) is 21.4. The molecule has 0 aliphatic carbocycles. The van der Waals surface area contributed by atoms with Crippen molar-refractivity contribution in [2.24, 2.45) is 5.14 Å². The summed E-state index contributed by atoms with van der Waals surface area (Å²) in [7, 11) is -2.60. The zero-order chi connectivity index (χ0) is 28.3. The van der Waals surface area contributed by atoms with Gasteiger partial charge in [-0.3, -0.25) is 14.4 Å². The van der Waals surface area contributed by atoms with Crippen LogP contribution in [0.1, 0.15) is 38.3 Å². The molecule has 1 saturated heterocycles. The van der Waals surface area contributed by atoms with Gasteiger partial charge in [0.1, 0.15) is 6.04 Å². The van der Waals surface area contributed by atoms with E-state index in [-0.39, 0.29) is 29.1 Å². The van der Waals surface area contributed by atoms with Gasteiger partial charge in [-0.05, 0) is 67.4 Å². The van der Waals surface area contributed by atoms with Crippen LogP contribution in [-0.4, -0.2) is 56.7 Å². The number of hydrogen-bond acceptors (Lipinski definition) is 7. The Labute approximate surface area is 226 Å². The van der Waals surface area contributed by atoms with E-state index < -0.39 is 39.8 Å². The minimum Gasteiger partial charge on any atom is -0.465 e.